The van der Waals surface area contributed by atoms with Crippen LogP contribution in [0.25, 0.3) is 0 Å². The molecule has 0 unspecified atom stereocenters. The minimum atomic E-state index is 0.268. The summed E-state index contributed by atoms with van der Waals surface area (Å²) in [4.78, 5) is 0. The highest BCUT2D eigenvalue weighted by Gasteiger charge is 2.04. The normalized spacial score (nSPS) is 10.1. The molecule has 0 amide bonds. The highest BCUT2D eigenvalue weighted by atomic mass is 79.9. The van der Waals surface area contributed by atoms with E-state index in [1.54, 1.807) is 7.11 Å². The number of methoxy groups -OCH3 is 1. The molecule has 0 aromatic heterocycles. The van der Waals surface area contributed by atoms with Gasteiger partial charge in [-0.15, -0.1) is 0 Å². The zero-order valence-electron chi connectivity index (χ0n) is 8.96. The van der Waals surface area contributed by atoms with E-state index in [-0.39, 0.29) is 6.79 Å². The highest BCUT2D eigenvalue weighted by Crippen LogP contribution is 2.26. The Hall–Kier alpha value is -0.740. The summed E-state index contributed by atoms with van der Waals surface area (Å²) in [5, 5.41) is 0.748. The van der Waals surface area contributed by atoms with Gasteiger partial charge < -0.3 is 14.2 Å². The molecule has 0 aliphatic heterocycles. The number of benzene rings is 1. The Bertz CT molecular complexity index is 302. The summed E-state index contributed by atoms with van der Waals surface area (Å²) in [6.45, 7) is 2.84. The van der Waals surface area contributed by atoms with Gasteiger partial charge in [-0.3, -0.25) is 0 Å². The maximum Gasteiger partial charge on any atom is 0.189 e. The van der Waals surface area contributed by atoms with Crippen molar-refractivity contribution < 1.29 is 14.2 Å². The van der Waals surface area contributed by atoms with Gasteiger partial charge in [0.25, 0.3) is 0 Å². The monoisotopic (exact) mass is 274 g/mol. The first-order chi connectivity index (χ1) is 7.31. The molecule has 0 saturated carbocycles. The minimum absolute atomic E-state index is 0.268. The topological polar surface area (TPSA) is 27.7 Å². The molecule has 0 fully saturated rings. The molecule has 0 radical (unpaired) electrons. The molecule has 0 saturated heterocycles. The third-order valence-electron chi connectivity index (χ3n) is 1.92. The van der Waals surface area contributed by atoms with Crippen LogP contribution in [-0.2, 0) is 10.1 Å². The van der Waals surface area contributed by atoms with Crippen molar-refractivity contribution in [1.29, 1.82) is 0 Å². The zero-order valence-corrected chi connectivity index (χ0v) is 10.5. The summed E-state index contributed by atoms with van der Waals surface area (Å²) in [6, 6.07) is 5.73. The molecular formula is C11H15BrO3. The molecule has 3 nitrogen and oxygen atoms in total. The SMILES string of the molecule is CCOCOc1cc(OC)ccc1CBr. The molecule has 1 rings (SSSR count). The summed E-state index contributed by atoms with van der Waals surface area (Å²) < 4.78 is 15.7. The van der Waals surface area contributed by atoms with Gasteiger partial charge in [-0.05, 0) is 13.0 Å². The predicted molar refractivity (Wildman–Crippen MR) is 62.7 cm³/mol. The number of ether oxygens (including phenoxy) is 3. The number of halogens is 1. The van der Waals surface area contributed by atoms with Crippen LogP contribution in [0.4, 0.5) is 0 Å². The molecule has 1 aromatic carbocycles. The number of alkyl halides is 1. The molecule has 0 aliphatic carbocycles. The van der Waals surface area contributed by atoms with Crippen LogP contribution in [0.2, 0.25) is 0 Å². The van der Waals surface area contributed by atoms with Gasteiger partial charge in [-0.2, -0.15) is 0 Å². The van der Waals surface area contributed by atoms with E-state index in [1.165, 1.54) is 0 Å². The predicted octanol–water partition coefficient (Wildman–Crippen LogP) is 2.96. The van der Waals surface area contributed by atoms with Gasteiger partial charge in [0.05, 0.1) is 7.11 Å². The Morgan fingerprint density at radius 1 is 1.33 bits per heavy atom. The van der Waals surface area contributed by atoms with Crippen molar-refractivity contribution in [3.05, 3.63) is 23.8 Å². The molecule has 15 heavy (non-hydrogen) atoms. The maximum atomic E-state index is 5.48. The van der Waals surface area contributed by atoms with Crippen LogP contribution in [0.15, 0.2) is 18.2 Å². The summed E-state index contributed by atoms with van der Waals surface area (Å²) in [5.41, 5.74) is 1.08. The first-order valence-electron chi connectivity index (χ1n) is 4.75. The summed E-state index contributed by atoms with van der Waals surface area (Å²) in [7, 11) is 1.63. The fraction of sp³-hybridized carbons (Fsp3) is 0.455. The summed E-state index contributed by atoms with van der Waals surface area (Å²) in [6.07, 6.45) is 0. The van der Waals surface area contributed by atoms with Crippen molar-refractivity contribution in [3.63, 3.8) is 0 Å². The summed E-state index contributed by atoms with van der Waals surface area (Å²) >= 11 is 3.40. The molecule has 0 N–H and O–H groups in total. The third-order valence-corrected chi connectivity index (χ3v) is 2.52. The van der Waals surface area contributed by atoms with Gasteiger partial charge in [0.2, 0.25) is 0 Å². The van der Waals surface area contributed by atoms with Crippen molar-refractivity contribution >= 4 is 15.9 Å². The van der Waals surface area contributed by atoms with Crippen LogP contribution in [0.1, 0.15) is 12.5 Å². The van der Waals surface area contributed by atoms with E-state index in [2.05, 4.69) is 15.9 Å². The van der Waals surface area contributed by atoms with Gasteiger partial charge >= 0.3 is 0 Å². The lowest BCUT2D eigenvalue weighted by molar-refractivity contribution is 0.0219. The minimum Gasteiger partial charge on any atom is -0.497 e. The Morgan fingerprint density at radius 3 is 2.73 bits per heavy atom. The molecule has 1 aromatic rings. The van der Waals surface area contributed by atoms with Crippen LogP contribution in [0.3, 0.4) is 0 Å². The van der Waals surface area contributed by atoms with Crippen molar-refractivity contribution in [2.75, 3.05) is 20.5 Å². The van der Waals surface area contributed by atoms with Crippen molar-refractivity contribution in [2.45, 2.75) is 12.3 Å². The molecule has 0 heterocycles. The van der Waals surface area contributed by atoms with Crippen LogP contribution >= 0.6 is 15.9 Å². The second-order valence-electron chi connectivity index (χ2n) is 2.86. The maximum absolute atomic E-state index is 5.48. The molecule has 4 heteroatoms. The highest BCUT2D eigenvalue weighted by molar-refractivity contribution is 9.08. The Kier molecular flexibility index (Phi) is 5.50. The molecule has 84 valence electrons. The average Bonchev–Trinajstić information content (AvgIpc) is 2.29. The standard InChI is InChI=1S/C11H15BrO3/c1-3-14-8-15-11-6-10(13-2)5-4-9(11)7-12/h4-6H,3,7-8H2,1-2H3. The fourth-order valence-corrected chi connectivity index (χ4v) is 1.56. The van der Waals surface area contributed by atoms with E-state index in [0.717, 1.165) is 22.4 Å². The number of rotatable bonds is 6. The first kappa shape index (κ1) is 12.3. The second kappa shape index (κ2) is 6.69. The molecule has 0 aliphatic rings. The molecule has 0 bridgehead atoms. The van der Waals surface area contributed by atoms with Crippen molar-refractivity contribution in [3.8, 4) is 11.5 Å². The van der Waals surface area contributed by atoms with Gasteiger partial charge in [-0.1, -0.05) is 22.0 Å². The van der Waals surface area contributed by atoms with Gasteiger partial charge in [-0.25, -0.2) is 0 Å². The Labute approximate surface area is 98.5 Å². The van der Waals surface area contributed by atoms with E-state index in [9.17, 15) is 0 Å². The molecular weight excluding hydrogens is 260 g/mol. The largest absolute Gasteiger partial charge is 0.497 e. The van der Waals surface area contributed by atoms with Crippen LogP contribution in [0.5, 0.6) is 11.5 Å². The van der Waals surface area contributed by atoms with Gasteiger partial charge in [0.1, 0.15) is 11.5 Å². The summed E-state index contributed by atoms with van der Waals surface area (Å²) in [5.74, 6) is 1.57. The zero-order chi connectivity index (χ0) is 11.1. The van der Waals surface area contributed by atoms with Gasteiger partial charge in [0, 0.05) is 23.6 Å². The number of hydrogen-bond acceptors (Lipinski definition) is 3. The van der Waals surface area contributed by atoms with Crippen LogP contribution in [-0.4, -0.2) is 20.5 Å². The van der Waals surface area contributed by atoms with E-state index in [0.29, 0.717) is 6.61 Å². The second-order valence-corrected chi connectivity index (χ2v) is 3.42. The van der Waals surface area contributed by atoms with E-state index in [4.69, 9.17) is 14.2 Å². The first-order valence-corrected chi connectivity index (χ1v) is 5.87. The van der Waals surface area contributed by atoms with E-state index >= 15 is 0 Å². The van der Waals surface area contributed by atoms with Crippen molar-refractivity contribution in [2.24, 2.45) is 0 Å². The Morgan fingerprint density at radius 2 is 2.13 bits per heavy atom. The smallest absolute Gasteiger partial charge is 0.189 e. The number of hydrogen-bond donors (Lipinski definition) is 0. The quantitative estimate of drug-likeness (QED) is 0.454. The lowest BCUT2D eigenvalue weighted by Gasteiger charge is -2.11. The van der Waals surface area contributed by atoms with Gasteiger partial charge in [0.15, 0.2) is 6.79 Å². The lowest BCUT2D eigenvalue weighted by atomic mass is 10.2. The van der Waals surface area contributed by atoms with E-state index < -0.39 is 0 Å². The fourth-order valence-electron chi connectivity index (χ4n) is 1.10. The van der Waals surface area contributed by atoms with E-state index in [1.807, 2.05) is 25.1 Å². The third kappa shape index (κ3) is 3.72. The molecule has 0 atom stereocenters. The average molecular weight is 275 g/mol. The van der Waals surface area contributed by atoms with Crippen LogP contribution in [0, 0.1) is 0 Å². The lowest BCUT2D eigenvalue weighted by Crippen LogP contribution is -2.03. The molecule has 0 spiro atoms. The van der Waals surface area contributed by atoms with Crippen molar-refractivity contribution in [1.82, 2.24) is 0 Å². The van der Waals surface area contributed by atoms with Crippen LogP contribution < -0.4 is 9.47 Å². The Balaban J connectivity index is 2.72.